The molecule has 0 aliphatic heterocycles. The van der Waals surface area contributed by atoms with E-state index in [0.29, 0.717) is 18.0 Å². The Morgan fingerprint density at radius 1 is 0.850 bits per heavy atom. The van der Waals surface area contributed by atoms with Crippen molar-refractivity contribution in [1.82, 2.24) is 0 Å². The monoisotopic (exact) mass is 271 g/mol. The molecule has 2 rings (SSSR count). The maximum Gasteiger partial charge on any atom is 0.123 e. The SMILES string of the molecule is Cc1cc(CNc2ccc(C)c(O)c2C)cc(C)c1O. The average molecular weight is 271 g/mol. The van der Waals surface area contributed by atoms with Gasteiger partial charge in [0.25, 0.3) is 0 Å². The number of hydrogen-bond donors (Lipinski definition) is 3. The molecule has 0 unspecified atom stereocenters. The van der Waals surface area contributed by atoms with Crippen molar-refractivity contribution in [1.29, 1.82) is 0 Å². The van der Waals surface area contributed by atoms with Gasteiger partial charge in [-0.05, 0) is 56.0 Å². The Hall–Kier alpha value is -2.16. The Labute approximate surface area is 119 Å². The minimum absolute atomic E-state index is 0.341. The summed E-state index contributed by atoms with van der Waals surface area (Å²) >= 11 is 0. The molecule has 0 amide bonds. The van der Waals surface area contributed by atoms with Crippen LogP contribution in [0.1, 0.15) is 27.8 Å². The third-order valence-electron chi connectivity index (χ3n) is 3.67. The summed E-state index contributed by atoms with van der Waals surface area (Å²) in [5.74, 6) is 0.700. The van der Waals surface area contributed by atoms with Crippen molar-refractivity contribution in [2.75, 3.05) is 5.32 Å². The van der Waals surface area contributed by atoms with Crippen LogP contribution in [-0.2, 0) is 6.54 Å². The van der Waals surface area contributed by atoms with Crippen molar-refractivity contribution in [3.8, 4) is 11.5 Å². The Morgan fingerprint density at radius 2 is 1.45 bits per heavy atom. The highest BCUT2D eigenvalue weighted by molar-refractivity contribution is 5.59. The lowest BCUT2D eigenvalue weighted by Crippen LogP contribution is -2.02. The number of benzene rings is 2. The molecule has 0 bridgehead atoms. The first-order valence-corrected chi connectivity index (χ1v) is 6.72. The molecular weight excluding hydrogens is 250 g/mol. The Balaban J connectivity index is 2.19. The molecule has 0 atom stereocenters. The van der Waals surface area contributed by atoms with Gasteiger partial charge >= 0.3 is 0 Å². The predicted molar refractivity (Wildman–Crippen MR) is 82.5 cm³/mol. The Kier molecular flexibility index (Phi) is 3.89. The number of aryl methyl sites for hydroxylation is 3. The quantitative estimate of drug-likeness (QED) is 0.792. The summed E-state index contributed by atoms with van der Waals surface area (Å²) in [5, 5.41) is 23.0. The van der Waals surface area contributed by atoms with E-state index in [2.05, 4.69) is 5.32 Å². The first-order chi connectivity index (χ1) is 9.40. The molecule has 2 aromatic rings. The molecule has 0 fully saturated rings. The molecule has 0 aliphatic carbocycles. The first kappa shape index (κ1) is 14.3. The van der Waals surface area contributed by atoms with E-state index in [-0.39, 0.29) is 0 Å². The molecule has 0 radical (unpaired) electrons. The number of rotatable bonds is 3. The zero-order valence-corrected chi connectivity index (χ0v) is 12.4. The fraction of sp³-hybridized carbons (Fsp3) is 0.294. The van der Waals surface area contributed by atoms with E-state index >= 15 is 0 Å². The Bertz CT molecular complexity index is 625. The van der Waals surface area contributed by atoms with Gasteiger partial charge in [-0.1, -0.05) is 18.2 Å². The maximum atomic E-state index is 9.94. The van der Waals surface area contributed by atoms with Crippen LogP contribution in [0.3, 0.4) is 0 Å². The molecule has 0 aromatic heterocycles. The summed E-state index contributed by atoms with van der Waals surface area (Å²) in [6.45, 7) is 8.24. The van der Waals surface area contributed by atoms with E-state index in [9.17, 15) is 10.2 Å². The molecule has 3 N–H and O–H groups in total. The van der Waals surface area contributed by atoms with Crippen molar-refractivity contribution < 1.29 is 10.2 Å². The number of aromatic hydroxyl groups is 2. The molecule has 3 heteroatoms. The van der Waals surface area contributed by atoms with Crippen LogP contribution >= 0.6 is 0 Å². The van der Waals surface area contributed by atoms with Gasteiger partial charge in [-0.3, -0.25) is 0 Å². The fourth-order valence-corrected chi connectivity index (χ4v) is 2.37. The summed E-state index contributed by atoms with van der Waals surface area (Å²) in [5.41, 5.74) is 5.53. The first-order valence-electron chi connectivity index (χ1n) is 6.72. The molecule has 0 aliphatic rings. The molecule has 0 saturated carbocycles. The third kappa shape index (κ3) is 2.72. The highest BCUT2D eigenvalue weighted by Gasteiger charge is 2.07. The number of nitrogens with one attached hydrogen (secondary N) is 1. The molecule has 106 valence electrons. The van der Waals surface area contributed by atoms with E-state index in [1.807, 2.05) is 52.0 Å². The van der Waals surface area contributed by atoms with Crippen LogP contribution in [0.2, 0.25) is 0 Å². The standard InChI is InChI=1S/C17H21NO2/c1-10-5-6-15(13(4)17(10)20)18-9-14-7-11(2)16(19)12(3)8-14/h5-8,18-20H,9H2,1-4H3. The van der Waals surface area contributed by atoms with Crippen LogP contribution in [0.15, 0.2) is 24.3 Å². The highest BCUT2D eigenvalue weighted by Crippen LogP contribution is 2.29. The van der Waals surface area contributed by atoms with Crippen LogP contribution in [0, 0.1) is 27.7 Å². The van der Waals surface area contributed by atoms with Gasteiger partial charge in [-0.2, -0.15) is 0 Å². The van der Waals surface area contributed by atoms with Crippen LogP contribution in [0.25, 0.3) is 0 Å². The fourth-order valence-electron chi connectivity index (χ4n) is 2.37. The van der Waals surface area contributed by atoms with E-state index in [1.165, 1.54) is 0 Å². The summed E-state index contributed by atoms with van der Waals surface area (Å²) < 4.78 is 0. The van der Waals surface area contributed by atoms with Crippen LogP contribution < -0.4 is 5.32 Å². The van der Waals surface area contributed by atoms with Crippen molar-refractivity contribution in [3.05, 3.63) is 52.1 Å². The zero-order valence-electron chi connectivity index (χ0n) is 12.4. The topological polar surface area (TPSA) is 52.5 Å². The van der Waals surface area contributed by atoms with Gasteiger partial charge in [-0.25, -0.2) is 0 Å². The smallest absolute Gasteiger partial charge is 0.123 e. The molecule has 0 saturated heterocycles. The van der Waals surface area contributed by atoms with Crippen LogP contribution in [0.4, 0.5) is 5.69 Å². The van der Waals surface area contributed by atoms with Gasteiger partial charge in [0.05, 0.1) is 0 Å². The molecule has 0 spiro atoms. The predicted octanol–water partition coefficient (Wildman–Crippen LogP) is 3.94. The molecular formula is C17H21NO2. The second-order valence-electron chi connectivity index (χ2n) is 5.34. The normalized spacial score (nSPS) is 10.6. The van der Waals surface area contributed by atoms with E-state index < -0.39 is 0 Å². The second kappa shape index (κ2) is 5.45. The highest BCUT2D eigenvalue weighted by atomic mass is 16.3. The minimum atomic E-state index is 0.341. The van der Waals surface area contributed by atoms with E-state index in [4.69, 9.17) is 0 Å². The van der Waals surface area contributed by atoms with Crippen molar-refractivity contribution in [2.45, 2.75) is 34.2 Å². The van der Waals surface area contributed by atoms with E-state index in [1.54, 1.807) is 0 Å². The molecule has 3 nitrogen and oxygen atoms in total. The molecule has 0 heterocycles. The lowest BCUT2D eigenvalue weighted by molar-refractivity contribution is 0.466. The number of phenolic OH excluding ortho intramolecular Hbond substituents is 2. The lowest BCUT2D eigenvalue weighted by atomic mass is 10.0. The second-order valence-corrected chi connectivity index (χ2v) is 5.34. The Morgan fingerprint density at radius 3 is 2.05 bits per heavy atom. The number of phenols is 2. The van der Waals surface area contributed by atoms with Crippen molar-refractivity contribution in [3.63, 3.8) is 0 Å². The van der Waals surface area contributed by atoms with Gasteiger partial charge < -0.3 is 15.5 Å². The van der Waals surface area contributed by atoms with Gasteiger partial charge in [0.1, 0.15) is 11.5 Å². The van der Waals surface area contributed by atoms with Gasteiger partial charge in [0.2, 0.25) is 0 Å². The summed E-state index contributed by atoms with van der Waals surface area (Å²) in [7, 11) is 0. The van der Waals surface area contributed by atoms with Crippen LogP contribution in [0.5, 0.6) is 11.5 Å². The largest absolute Gasteiger partial charge is 0.507 e. The van der Waals surface area contributed by atoms with Gasteiger partial charge in [-0.15, -0.1) is 0 Å². The van der Waals surface area contributed by atoms with E-state index in [0.717, 1.165) is 33.5 Å². The third-order valence-corrected chi connectivity index (χ3v) is 3.67. The number of anilines is 1. The van der Waals surface area contributed by atoms with Gasteiger partial charge in [0.15, 0.2) is 0 Å². The maximum absolute atomic E-state index is 9.94. The number of hydrogen-bond acceptors (Lipinski definition) is 3. The van der Waals surface area contributed by atoms with Crippen molar-refractivity contribution >= 4 is 5.69 Å². The molecule has 20 heavy (non-hydrogen) atoms. The lowest BCUT2D eigenvalue weighted by Gasteiger charge is -2.13. The summed E-state index contributed by atoms with van der Waals surface area (Å²) in [4.78, 5) is 0. The van der Waals surface area contributed by atoms with Crippen molar-refractivity contribution in [2.24, 2.45) is 0 Å². The average Bonchev–Trinajstić information content (AvgIpc) is 2.41. The summed E-state index contributed by atoms with van der Waals surface area (Å²) in [6.07, 6.45) is 0. The van der Waals surface area contributed by atoms with Crippen LogP contribution in [-0.4, -0.2) is 10.2 Å². The summed E-state index contributed by atoms with van der Waals surface area (Å²) in [6, 6.07) is 7.82. The minimum Gasteiger partial charge on any atom is -0.507 e. The zero-order chi connectivity index (χ0) is 14.9. The van der Waals surface area contributed by atoms with Gasteiger partial charge in [0, 0.05) is 17.8 Å². The molecule has 2 aromatic carbocycles.